The number of hydrogen-bond acceptors (Lipinski definition) is 7. The number of ether oxygens (including phenoxy) is 2. The highest BCUT2D eigenvalue weighted by molar-refractivity contribution is 6.03. The summed E-state index contributed by atoms with van der Waals surface area (Å²) in [6.07, 6.45) is 2.00. The van der Waals surface area contributed by atoms with E-state index in [0.717, 1.165) is 6.42 Å². The molecule has 3 atom stereocenters. The lowest BCUT2D eigenvalue weighted by molar-refractivity contribution is -0.134. The number of aromatic nitrogens is 1. The fourth-order valence-corrected chi connectivity index (χ4v) is 4.59. The first-order valence-electron chi connectivity index (χ1n) is 12.2. The van der Waals surface area contributed by atoms with E-state index in [4.69, 9.17) is 14.0 Å². The average molecular weight is 500 g/mol. The lowest BCUT2D eigenvalue weighted by atomic mass is 9.94. The van der Waals surface area contributed by atoms with Crippen LogP contribution in [-0.2, 0) is 9.53 Å². The van der Waals surface area contributed by atoms with E-state index in [1.54, 1.807) is 44.0 Å². The SMILES string of the molecule is CCCNC(=O)C[C@@H]1CC[C@@H]2[C@H](COc3ccc(NC(=O)Nc4c(C)noc4C)cc3C(=O)N2C)O1. The predicted octanol–water partition coefficient (Wildman–Crippen LogP) is 3.23. The number of fused-ring (bicyclic) bond motifs is 2. The third-order valence-electron chi connectivity index (χ3n) is 6.53. The fraction of sp³-hybridized carbons (Fsp3) is 0.520. The van der Waals surface area contributed by atoms with Gasteiger partial charge in [-0.3, -0.25) is 9.59 Å². The number of benzene rings is 1. The van der Waals surface area contributed by atoms with E-state index in [0.29, 0.717) is 59.9 Å². The van der Waals surface area contributed by atoms with Gasteiger partial charge < -0.3 is 34.8 Å². The minimum absolute atomic E-state index is 0.0275. The highest BCUT2D eigenvalue weighted by Gasteiger charge is 2.39. The quantitative estimate of drug-likeness (QED) is 0.555. The molecule has 0 radical (unpaired) electrons. The van der Waals surface area contributed by atoms with Crippen LogP contribution in [0.25, 0.3) is 0 Å². The van der Waals surface area contributed by atoms with Crippen molar-refractivity contribution in [2.24, 2.45) is 0 Å². The van der Waals surface area contributed by atoms with Crippen molar-refractivity contribution in [1.29, 1.82) is 0 Å². The van der Waals surface area contributed by atoms with Crippen LogP contribution in [0.15, 0.2) is 22.7 Å². The van der Waals surface area contributed by atoms with E-state index in [9.17, 15) is 14.4 Å². The van der Waals surface area contributed by atoms with Gasteiger partial charge in [0.15, 0.2) is 5.76 Å². The molecule has 0 aliphatic carbocycles. The number of carbonyl (C=O) groups excluding carboxylic acids is 3. The standard InChI is InChI=1S/C25H33N5O6/c1-5-10-26-22(31)12-17-7-8-19-21(35-17)13-34-20-9-6-16(11-18(20)24(32)30(19)4)27-25(33)28-23-14(2)29-36-15(23)3/h6,9,11,17,19,21H,5,7-8,10,12-13H2,1-4H3,(H,26,31)(H2,27,28,33)/t17-,19+,21-/m0/s1. The van der Waals surface area contributed by atoms with Crippen molar-refractivity contribution in [3.63, 3.8) is 0 Å². The zero-order valence-electron chi connectivity index (χ0n) is 21.1. The van der Waals surface area contributed by atoms with Crippen LogP contribution in [-0.4, -0.2) is 66.4 Å². The van der Waals surface area contributed by atoms with Gasteiger partial charge in [-0.2, -0.15) is 0 Å². The Morgan fingerprint density at radius 1 is 1.19 bits per heavy atom. The minimum atomic E-state index is -0.480. The Morgan fingerprint density at radius 3 is 2.72 bits per heavy atom. The fourth-order valence-electron chi connectivity index (χ4n) is 4.59. The summed E-state index contributed by atoms with van der Waals surface area (Å²) in [5.41, 5.74) is 1.87. The molecule has 1 fully saturated rings. The molecule has 2 aromatic rings. The van der Waals surface area contributed by atoms with Gasteiger partial charge in [0.1, 0.15) is 29.8 Å². The van der Waals surface area contributed by atoms with E-state index in [-0.39, 0.29) is 36.7 Å². The molecular formula is C25H33N5O6. The average Bonchev–Trinajstić information content (AvgIpc) is 3.17. The van der Waals surface area contributed by atoms with Crippen LogP contribution >= 0.6 is 0 Å². The molecule has 194 valence electrons. The van der Waals surface area contributed by atoms with Crippen LogP contribution in [0.4, 0.5) is 16.2 Å². The Balaban J connectivity index is 1.44. The summed E-state index contributed by atoms with van der Waals surface area (Å²) in [4.78, 5) is 39.7. The number of amides is 4. The number of nitrogens with zero attached hydrogens (tertiary/aromatic N) is 2. The van der Waals surface area contributed by atoms with Crippen molar-refractivity contribution in [2.75, 3.05) is 30.8 Å². The number of aryl methyl sites for hydroxylation is 2. The lowest BCUT2D eigenvalue weighted by Crippen LogP contribution is -2.54. The van der Waals surface area contributed by atoms with Gasteiger partial charge in [-0.15, -0.1) is 0 Å². The Hall–Kier alpha value is -3.60. The summed E-state index contributed by atoms with van der Waals surface area (Å²) in [5.74, 6) is 0.657. The van der Waals surface area contributed by atoms with Crippen molar-refractivity contribution in [1.82, 2.24) is 15.4 Å². The normalized spacial score (nSPS) is 21.4. The zero-order valence-corrected chi connectivity index (χ0v) is 21.1. The summed E-state index contributed by atoms with van der Waals surface area (Å²) < 4.78 is 17.3. The van der Waals surface area contributed by atoms with Gasteiger partial charge in [-0.25, -0.2) is 4.79 Å². The molecular weight excluding hydrogens is 466 g/mol. The van der Waals surface area contributed by atoms with Crippen molar-refractivity contribution < 1.29 is 28.4 Å². The van der Waals surface area contributed by atoms with Crippen molar-refractivity contribution >= 4 is 29.2 Å². The monoisotopic (exact) mass is 499 g/mol. The molecule has 0 spiro atoms. The summed E-state index contributed by atoms with van der Waals surface area (Å²) in [6.45, 7) is 6.34. The van der Waals surface area contributed by atoms with Gasteiger partial charge in [0.2, 0.25) is 5.91 Å². The number of nitrogens with one attached hydrogen (secondary N) is 3. The highest BCUT2D eigenvalue weighted by atomic mass is 16.5. The number of urea groups is 1. The van der Waals surface area contributed by atoms with Crippen molar-refractivity contribution in [3.05, 3.63) is 35.2 Å². The van der Waals surface area contributed by atoms with E-state index < -0.39 is 6.03 Å². The number of carbonyl (C=O) groups is 3. The number of hydrogen-bond donors (Lipinski definition) is 3. The number of anilines is 2. The first kappa shape index (κ1) is 25.5. The molecule has 1 saturated heterocycles. The van der Waals surface area contributed by atoms with Gasteiger partial charge in [-0.05, 0) is 51.3 Å². The predicted molar refractivity (Wildman–Crippen MR) is 132 cm³/mol. The maximum Gasteiger partial charge on any atom is 0.323 e. The molecule has 0 saturated carbocycles. The maximum atomic E-state index is 13.4. The molecule has 3 heterocycles. The summed E-state index contributed by atoms with van der Waals surface area (Å²) >= 11 is 0. The molecule has 2 aliphatic rings. The maximum absolute atomic E-state index is 13.4. The summed E-state index contributed by atoms with van der Waals surface area (Å²) in [5, 5.41) is 12.2. The van der Waals surface area contributed by atoms with Crippen molar-refractivity contribution in [2.45, 2.75) is 64.7 Å². The van der Waals surface area contributed by atoms with Crippen LogP contribution < -0.4 is 20.7 Å². The Labute approximate surface area is 209 Å². The Morgan fingerprint density at radius 2 is 2.00 bits per heavy atom. The topological polar surface area (TPSA) is 135 Å². The van der Waals surface area contributed by atoms with E-state index in [2.05, 4.69) is 21.1 Å². The van der Waals surface area contributed by atoms with Gasteiger partial charge in [0, 0.05) is 19.3 Å². The lowest BCUT2D eigenvalue weighted by Gasteiger charge is -2.42. The van der Waals surface area contributed by atoms with E-state index in [1.165, 1.54) is 0 Å². The summed E-state index contributed by atoms with van der Waals surface area (Å²) in [6, 6.07) is 4.27. The van der Waals surface area contributed by atoms with Crippen LogP contribution in [0.5, 0.6) is 5.75 Å². The van der Waals surface area contributed by atoms with Crippen LogP contribution in [0.3, 0.4) is 0 Å². The third kappa shape index (κ3) is 5.62. The van der Waals surface area contributed by atoms with Crippen molar-refractivity contribution in [3.8, 4) is 5.75 Å². The number of rotatable bonds is 6. The minimum Gasteiger partial charge on any atom is -0.490 e. The molecule has 1 aromatic carbocycles. The van der Waals surface area contributed by atoms with Crippen LogP contribution in [0, 0.1) is 13.8 Å². The molecule has 11 nitrogen and oxygen atoms in total. The Kier molecular flexibility index (Phi) is 7.78. The van der Waals surface area contributed by atoms with E-state index >= 15 is 0 Å². The first-order chi connectivity index (χ1) is 17.3. The summed E-state index contributed by atoms with van der Waals surface area (Å²) in [7, 11) is 1.75. The van der Waals surface area contributed by atoms with Gasteiger partial charge in [-0.1, -0.05) is 12.1 Å². The van der Waals surface area contributed by atoms with Gasteiger partial charge in [0.05, 0.1) is 24.1 Å². The molecule has 1 aromatic heterocycles. The highest BCUT2D eigenvalue weighted by Crippen LogP contribution is 2.32. The largest absolute Gasteiger partial charge is 0.490 e. The van der Waals surface area contributed by atoms with Gasteiger partial charge >= 0.3 is 6.03 Å². The second-order valence-electron chi connectivity index (χ2n) is 9.21. The third-order valence-corrected chi connectivity index (χ3v) is 6.53. The van der Waals surface area contributed by atoms with Crippen LogP contribution in [0.2, 0.25) is 0 Å². The molecule has 0 bridgehead atoms. The second kappa shape index (κ2) is 11.0. The molecule has 2 aliphatic heterocycles. The number of likely N-dealkylation sites (N-methyl/N-ethyl adjacent to an activating group) is 1. The molecule has 0 unspecified atom stereocenters. The molecule has 11 heteroatoms. The Bertz CT molecular complexity index is 1110. The molecule has 36 heavy (non-hydrogen) atoms. The smallest absolute Gasteiger partial charge is 0.323 e. The first-order valence-corrected chi connectivity index (χ1v) is 12.2. The zero-order chi connectivity index (χ0) is 25.8. The van der Waals surface area contributed by atoms with E-state index in [1.807, 2.05) is 6.92 Å². The molecule has 4 amide bonds. The molecule has 4 rings (SSSR count). The van der Waals surface area contributed by atoms with Crippen LogP contribution in [0.1, 0.15) is 54.4 Å². The van der Waals surface area contributed by atoms with Gasteiger partial charge in [0.25, 0.3) is 5.91 Å². The second-order valence-corrected chi connectivity index (χ2v) is 9.21. The molecule has 3 N–H and O–H groups in total.